The molecule has 0 bridgehead atoms. The van der Waals surface area contributed by atoms with Crippen molar-refractivity contribution in [2.24, 2.45) is 5.92 Å². The van der Waals surface area contributed by atoms with Crippen LogP contribution in [0.5, 0.6) is 5.75 Å². The van der Waals surface area contributed by atoms with E-state index < -0.39 is 6.10 Å². The molecule has 174 valence electrons. The van der Waals surface area contributed by atoms with Crippen LogP contribution in [-0.4, -0.2) is 51.3 Å². The molecule has 0 spiro atoms. The minimum Gasteiger partial charge on any atom is -0.507 e. The molecule has 4 rings (SSSR count). The number of amides is 1. The number of phenols is 1. The maximum Gasteiger partial charge on any atom is 0.249 e. The van der Waals surface area contributed by atoms with Crippen LogP contribution in [0.25, 0.3) is 22.3 Å². The van der Waals surface area contributed by atoms with Crippen molar-refractivity contribution in [3.63, 3.8) is 0 Å². The highest BCUT2D eigenvalue weighted by Gasteiger charge is 2.26. The summed E-state index contributed by atoms with van der Waals surface area (Å²) in [5, 5.41) is 24.4. The highest BCUT2D eigenvalue weighted by Crippen LogP contribution is 2.33. The largest absolute Gasteiger partial charge is 0.507 e. The average Bonchev–Trinajstić information content (AvgIpc) is 2.78. The van der Waals surface area contributed by atoms with Gasteiger partial charge in [-0.25, -0.2) is 9.97 Å². The topological polar surface area (TPSA) is 98.6 Å². The number of aliphatic hydroxyl groups excluding tert-OH is 1. The summed E-state index contributed by atoms with van der Waals surface area (Å²) in [6.45, 7) is 7.47. The Morgan fingerprint density at radius 2 is 1.88 bits per heavy atom. The number of aliphatic hydroxyl groups is 1. The first-order valence-corrected chi connectivity index (χ1v) is 11.6. The zero-order valence-electron chi connectivity index (χ0n) is 19.5. The summed E-state index contributed by atoms with van der Waals surface area (Å²) in [5.41, 5.74) is 2.55. The molecule has 2 heterocycles. The number of aromatic hydroxyl groups is 1. The van der Waals surface area contributed by atoms with Gasteiger partial charge >= 0.3 is 0 Å². The zero-order chi connectivity index (χ0) is 23.5. The molecule has 1 fully saturated rings. The van der Waals surface area contributed by atoms with E-state index in [4.69, 9.17) is 9.97 Å². The van der Waals surface area contributed by atoms with Crippen LogP contribution in [0, 0.1) is 12.8 Å². The van der Waals surface area contributed by atoms with Gasteiger partial charge in [-0.2, -0.15) is 0 Å². The Bertz CT molecular complexity index is 1140. The zero-order valence-corrected chi connectivity index (χ0v) is 19.5. The summed E-state index contributed by atoms with van der Waals surface area (Å²) in [6, 6.07) is 13.3. The van der Waals surface area contributed by atoms with Crippen molar-refractivity contribution in [2.75, 3.05) is 18.0 Å². The number of benzene rings is 2. The third-order valence-corrected chi connectivity index (χ3v) is 6.12. The normalized spacial score (nSPS) is 15.7. The highest BCUT2D eigenvalue weighted by molar-refractivity contribution is 5.92. The molecular formula is C26H32N4O3. The summed E-state index contributed by atoms with van der Waals surface area (Å²) in [5.74, 6) is 1.46. The van der Waals surface area contributed by atoms with Crippen LogP contribution in [-0.2, 0) is 4.79 Å². The number of anilines is 1. The van der Waals surface area contributed by atoms with Crippen LogP contribution in [0.15, 0.2) is 42.5 Å². The summed E-state index contributed by atoms with van der Waals surface area (Å²) >= 11 is 0. The molecule has 1 atom stereocenters. The van der Waals surface area contributed by atoms with E-state index in [1.165, 1.54) is 0 Å². The lowest BCUT2D eigenvalue weighted by molar-refractivity contribution is -0.130. The third kappa shape index (κ3) is 5.25. The van der Waals surface area contributed by atoms with E-state index in [1.807, 2.05) is 45.0 Å². The molecule has 2 aromatic carbocycles. The second-order valence-corrected chi connectivity index (χ2v) is 9.32. The maximum atomic E-state index is 12.3. The van der Waals surface area contributed by atoms with Crippen molar-refractivity contribution in [3.8, 4) is 17.1 Å². The van der Waals surface area contributed by atoms with Gasteiger partial charge in [0, 0.05) is 24.5 Å². The van der Waals surface area contributed by atoms with E-state index in [0.717, 1.165) is 48.2 Å². The minimum absolute atomic E-state index is 0.0311. The van der Waals surface area contributed by atoms with Crippen molar-refractivity contribution in [2.45, 2.75) is 52.2 Å². The number of hydrogen-bond donors (Lipinski definition) is 3. The van der Waals surface area contributed by atoms with E-state index in [9.17, 15) is 15.0 Å². The molecule has 3 N–H and O–H groups in total. The Labute approximate surface area is 194 Å². The first kappa shape index (κ1) is 23.0. The molecule has 1 aromatic heterocycles. The molecule has 1 aliphatic rings. The Morgan fingerprint density at radius 1 is 1.15 bits per heavy atom. The van der Waals surface area contributed by atoms with Gasteiger partial charge in [0.1, 0.15) is 17.7 Å². The number of aryl methyl sites for hydroxylation is 1. The molecule has 1 saturated heterocycles. The van der Waals surface area contributed by atoms with Crippen molar-refractivity contribution < 1.29 is 15.0 Å². The number of carbonyl (C=O) groups is 1. The summed E-state index contributed by atoms with van der Waals surface area (Å²) in [4.78, 5) is 24.1. The average molecular weight is 449 g/mol. The molecule has 0 aliphatic carbocycles. The maximum absolute atomic E-state index is 12.3. The third-order valence-electron chi connectivity index (χ3n) is 6.12. The molecular weight excluding hydrogens is 416 g/mol. The Kier molecular flexibility index (Phi) is 6.79. The minimum atomic E-state index is -0.960. The Balaban J connectivity index is 1.56. The molecule has 7 heteroatoms. The molecule has 0 radical (unpaired) electrons. The second-order valence-electron chi connectivity index (χ2n) is 9.32. The number of fused-ring (bicyclic) bond motifs is 1. The fourth-order valence-electron chi connectivity index (χ4n) is 4.33. The summed E-state index contributed by atoms with van der Waals surface area (Å²) in [7, 11) is 0. The molecule has 0 saturated carbocycles. The Morgan fingerprint density at radius 3 is 2.58 bits per heavy atom. The van der Waals surface area contributed by atoms with Crippen molar-refractivity contribution in [1.29, 1.82) is 0 Å². The van der Waals surface area contributed by atoms with Gasteiger partial charge in [-0.05, 0) is 61.9 Å². The predicted molar refractivity (Wildman–Crippen MR) is 130 cm³/mol. The van der Waals surface area contributed by atoms with E-state index in [2.05, 4.69) is 16.3 Å². The molecule has 7 nitrogen and oxygen atoms in total. The fraction of sp³-hybridized carbons (Fsp3) is 0.423. The van der Waals surface area contributed by atoms with Crippen LogP contribution in [0.4, 0.5) is 5.82 Å². The quantitative estimate of drug-likeness (QED) is 0.531. The number of nitrogens with one attached hydrogen (secondary N) is 1. The van der Waals surface area contributed by atoms with Gasteiger partial charge in [0.2, 0.25) is 5.91 Å². The molecule has 0 unspecified atom stereocenters. The van der Waals surface area contributed by atoms with Crippen molar-refractivity contribution in [1.82, 2.24) is 15.3 Å². The van der Waals surface area contributed by atoms with Gasteiger partial charge in [-0.3, -0.25) is 4.79 Å². The van der Waals surface area contributed by atoms with E-state index in [1.54, 1.807) is 12.1 Å². The summed E-state index contributed by atoms with van der Waals surface area (Å²) < 4.78 is 0. The van der Waals surface area contributed by atoms with Gasteiger partial charge < -0.3 is 20.4 Å². The van der Waals surface area contributed by atoms with Gasteiger partial charge in [0.05, 0.1) is 11.1 Å². The number of carbonyl (C=O) groups excluding carboxylic acids is 1. The summed E-state index contributed by atoms with van der Waals surface area (Å²) in [6.07, 6.45) is 1.04. The van der Waals surface area contributed by atoms with E-state index in [-0.39, 0.29) is 23.6 Å². The lowest BCUT2D eigenvalue weighted by Gasteiger charge is -2.34. The number of rotatable bonds is 6. The smallest absolute Gasteiger partial charge is 0.249 e. The van der Waals surface area contributed by atoms with Crippen LogP contribution in [0.2, 0.25) is 0 Å². The molecule has 1 aliphatic heterocycles. The van der Waals surface area contributed by atoms with Crippen LogP contribution in [0.3, 0.4) is 0 Å². The van der Waals surface area contributed by atoms with Crippen molar-refractivity contribution in [3.05, 3.63) is 48.0 Å². The number of hydrogen-bond acceptors (Lipinski definition) is 6. The number of phenolic OH excluding ortho intramolecular Hbond substituents is 1. The van der Waals surface area contributed by atoms with Gasteiger partial charge in [-0.15, -0.1) is 0 Å². The molecule has 3 aromatic rings. The van der Waals surface area contributed by atoms with Gasteiger partial charge in [-0.1, -0.05) is 32.0 Å². The van der Waals surface area contributed by atoms with Gasteiger partial charge in [0.15, 0.2) is 5.82 Å². The lowest BCUT2D eigenvalue weighted by Crippen LogP contribution is -2.48. The standard InChI is InChI=1S/C26H32N4O3/c1-16(2)14-23(32)26(33)27-18-10-12-30(13-11-18)25-19-9-8-17(3)15-21(19)28-24(29-25)20-6-4-5-7-22(20)31/h4-9,15-16,18,23,31-32H,10-14H2,1-3H3,(H,27,33)/t23-/m0/s1. The van der Waals surface area contributed by atoms with E-state index >= 15 is 0 Å². The number of aromatic nitrogens is 2. The lowest BCUT2D eigenvalue weighted by atomic mass is 10.0. The SMILES string of the molecule is Cc1ccc2c(N3CCC(NC(=O)[C@@H](O)CC(C)C)CC3)nc(-c3ccccc3O)nc2c1. The monoisotopic (exact) mass is 448 g/mol. The van der Waals surface area contributed by atoms with E-state index in [0.29, 0.717) is 17.8 Å². The van der Waals surface area contributed by atoms with Crippen LogP contribution >= 0.6 is 0 Å². The highest BCUT2D eigenvalue weighted by atomic mass is 16.3. The second kappa shape index (κ2) is 9.75. The van der Waals surface area contributed by atoms with Crippen LogP contribution < -0.4 is 10.2 Å². The first-order chi connectivity index (χ1) is 15.8. The number of nitrogens with zero attached hydrogens (tertiary/aromatic N) is 3. The number of para-hydroxylation sites is 1. The van der Waals surface area contributed by atoms with Crippen molar-refractivity contribution >= 4 is 22.6 Å². The predicted octanol–water partition coefficient (Wildman–Crippen LogP) is 3.80. The fourth-order valence-corrected chi connectivity index (χ4v) is 4.33. The molecule has 1 amide bonds. The Hall–Kier alpha value is -3.19. The number of piperidine rings is 1. The van der Waals surface area contributed by atoms with Crippen LogP contribution in [0.1, 0.15) is 38.7 Å². The molecule has 33 heavy (non-hydrogen) atoms. The first-order valence-electron chi connectivity index (χ1n) is 11.6. The van der Waals surface area contributed by atoms with Gasteiger partial charge in [0.25, 0.3) is 0 Å².